The second-order valence-corrected chi connectivity index (χ2v) is 10.6. The highest BCUT2D eigenvalue weighted by Gasteiger charge is 2.51. The maximum absolute atomic E-state index is 14.2. The molecule has 1 heterocycles. The van der Waals surface area contributed by atoms with Crippen LogP contribution >= 0.6 is 0 Å². The molecule has 3 atom stereocenters. The van der Waals surface area contributed by atoms with Crippen molar-refractivity contribution < 1.29 is 14.7 Å². The SMILES string of the molecule is CN1C(=O)[C@](N)(C(=O)[C@H](CC2CC2)[C@@H](O)CC2CCCC2)N=C(c2ccccc2)c2ccccc21. The van der Waals surface area contributed by atoms with Gasteiger partial charge in [0.2, 0.25) is 5.66 Å². The van der Waals surface area contributed by atoms with Gasteiger partial charge in [-0.25, -0.2) is 4.99 Å². The Balaban J connectivity index is 1.57. The second-order valence-electron chi connectivity index (χ2n) is 10.6. The Hall–Kier alpha value is -2.83. The molecule has 35 heavy (non-hydrogen) atoms. The largest absolute Gasteiger partial charge is 0.392 e. The zero-order valence-corrected chi connectivity index (χ0v) is 20.4. The van der Waals surface area contributed by atoms with Crippen molar-refractivity contribution in [2.24, 2.45) is 28.5 Å². The van der Waals surface area contributed by atoms with E-state index in [9.17, 15) is 14.7 Å². The average Bonchev–Trinajstić information content (AvgIpc) is 3.58. The Kier molecular flexibility index (Phi) is 6.60. The molecule has 2 aromatic rings. The van der Waals surface area contributed by atoms with E-state index in [0.717, 1.165) is 36.8 Å². The number of aliphatic hydroxyl groups excluding tert-OH is 1. The molecule has 0 saturated heterocycles. The summed E-state index contributed by atoms with van der Waals surface area (Å²) in [4.78, 5) is 34.2. The van der Waals surface area contributed by atoms with Gasteiger partial charge in [0.05, 0.1) is 17.5 Å². The molecule has 6 heteroatoms. The fourth-order valence-electron chi connectivity index (χ4n) is 5.78. The standard InChI is InChI=1S/C29H35N3O3/c1-32-24-14-8-7-13-22(24)26(21-11-3-2-4-12-21)31-29(30,28(32)35)27(34)23(17-20-15-16-20)25(33)18-19-9-5-6-10-19/h2-4,7-8,11-14,19-20,23,25,33H,5-6,9-10,15-18,30H2,1H3/t23-,25+,29+/m1/s1. The lowest BCUT2D eigenvalue weighted by Crippen LogP contribution is -2.61. The third-order valence-corrected chi connectivity index (χ3v) is 8.00. The number of nitrogens with two attached hydrogens (primary N) is 1. The average molecular weight is 474 g/mol. The van der Waals surface area contributed by atoms with Gasteiger partial charge in [0.25, 0.3) is 5.91 Å². The van der Waals surface area contributed by atoms with Crippen LogP contribution in [-0.4, -0.2) is 41.3 Å². The topological polar surface area (TPSA) is 96.0 Å². The van der Waals surface area contributed by atoms with E-state index in [1.807, 2.05) is 54.6 Å². The Morgan fingerprint density at radius 1 is 1.03 bits per heavy atom. The summed E-state index contributed by atoms with van der Waals surface area (Å²) >= 11 is 0. The number of para-hydroxylation sites is 1. The van der Waals surface area contributed by atoms with Crippen molar-refractivity contribution >= 4 is 23.1 Å². The highest BCUT2D eigenvalue weighted by molar-refractivity contribution is 6.26. The van der Waals surface area contributed by atoms with Gasteiger partial charge in [-0.05, 0) is 30.7 Å². The number of benzodiazepines with no additional fused rings is 1. The smallest absolute Gasteiger partial charge is 0.277 e. The summed E-state index contributed by atoms with van der Waals surface area (Å²) in [7, 11) is 1.64. The zero-order chi connectivity index (χ0) is 24.6. The summed E-state index contributed by atoms with van der Waals surface area (Å²) in [6.07, 6.45) is 6.95. The molecule has 2 saturated carbocycles. The van der Waals surface area contributed by atoms with E-state index in [1.165, 1.54) is 17.7 Å². The van der Waals surface area contributed by atoms with Crippen LogP contribution in [0.15, 0.2) is 59.6 Å². The van der Waals surface area contributed by atoms with Gasteiger partial charge in [0.1, 0.15) is 0 Å². The number of aliphatic imine (C=N–C) groups is 1. The molecule has 5 rings (SSSR count). The molecule has 0 unspecified atom stereocenters. The minimum absolute atomic E-state index is 0.402. The number of likely N-dealkylation sites (N-methyl/N-ethyl adjacent to an activating group) is 1. The van der Waals surface area contributed by atoms with Crippen LogP contribution in [-0.2, 0) is 9.59 Å². The second kappa shape index (κ2) is 9.67. The number of nitrogens with zero attached hydrogens (tertiary/aromatic N) is 2. The molecule has 1 amide bonds. The molecule has 2 aliphatic carbocycles. The summed E-state index contributed by atoms with van der Waals surface area (Å²) in [5, 5.41) is 11.3. The maximum Gasteiger partial charge on any atom is 0.277 e. The van der Waals surface area contributed by atoms with Gasteiger partial charge in [-0.2, -0.15) is 0 Å². The summed E-state index contributed by atoms with van der Waals surface area (Å²) in [6.45, 7) is 0. The molecular formula is C29H35N3O3. The van der Waals surface area contributed by atoms with Crippen molar-refractivity contribution in [3.63, 3.8) is 0 Å². The Labute approximate surface area is 207 Å². The van der Waals surface area contributed by atoms with Crippen LogP contribution in [0.2, 0.25) is 0 Å². The Morgan fingerprint density at radius 3 is 2.34 bits per heavy atom. The number of hydrogen-bond donors (Lipinski definition) is 2. The molecule has 184 valence electrons. The molecule has 6 nitrogen and oxygen atoms in total. The van der Waals surface area contributed by atoms with E-state index in [2.05, 4.69) is 0 Å². The highest BCUT2D eigenvalue weighted by atomic mass is 16.3. The predicted octanol–water partition coefficient (Wildman–Crippen LogP) is 4.08. The first-order valence-electron chi connectivity index (χ1n) is 12.9. The molecule has 0 bridgehead atoms. The van der Waals surface area contributed by atoms with Gasteiger partial charge in [0.15, 0.2) is 5.78 Å². The van der Waals surface area contributed by atoms with E-state index in [1.54, 1.807) is 7.05 Å². The number of benzene rings is 2. The van der Waals surface area contributed by atoms with Crippen molar-refractivity contribution in [1.82, 2.24) is 0 Å². The van der Waals surface area contributed by atoms with Gasteiger partial charge >= 0.3 is 0 Å². The molecule has 3 N–H and O–H groups in total. The van der Waals surface area contributed by atoms with Crippen LogP contribution in [0, 0.1) is 17.8 Å². The lowest BCUT2D eigenvalue weighted by molar-refractivity contribution is -0.139. The number of fused-ring (bicyclic) bond motifs is 1. The quantitative estimate of drug-likeness (QED) is 0.565. The summed E-state index contributed by atoms with van der Waals surface area (Å²) < 4.78 is 0. The maximum atomic E-state index is 14.2. The summed E-state index contributed by atoms with van der Waals surface area (Å²) in [5.74, 6) is -0.900. The normalized spacial score (nSPS) is 24.5. The van der Waals surface area contributed by atoms with E-state index in [-0.39, 0.29) is 0 Å². The molecule has 2 aromatic carbocycles. The molecule has 0 aromatic heterocycles. The Bertz CT molecular complexity index is 1120. The first-order chi connectivity index (χ1) is 16.9. The first kappa shape index (κ1) is 23.9. The van der Waals surface area contributed by atoms with Gasteiger partial charge in [-0.15, -0.1) is 0 Å². The van der Waals surface area contributed by atoms with Crippen LogP contribution in [0.5, 0.6) is 0 Å². The lowest BCUT2D eigenvalue weighted by Gasteiger charge is -2.32. The monoisotopic (exact) mass is 473 g/mol. The number of carbonyl (C=O) groups excluding carboxylic acids is 2. The van der Waals surface area contributed by atoms with Crippen LogP contribution in [0.25, 0.3) is 0 Å². The fraction of sp³-hybridized carbons (Fsp3) is 0.483. The number of aliphatic hydroxyl groups is 1. The van der Waals surface area contributed by atoms with E-state index in [0.29, 0.717) is 36.1 Å². The van der Waals surface area contributed by atoms with Gasteiger partial charge < -0.3 is 10.0 Å². The van der Waals surface area contributed by atoms with Crippen LogP contribution in [0.4, 0.5) is 5.69 Å². The fourth-order valence-corrected chi connectivity index (χ4v) is 5.78. The number of rotatable bonds is 8. The van der Waals surface area contributed by atoms with Crippen molar-refractivity contribution in [2.75, 3.05) is 11.9 Å². The van der Waals surface area contributed by atoms with E-state index >= 15 is 0 Å². The molecule has 1 aliphatic heterocycles. The molecule has 3 aliphatic rings. The minimum Gasteiger partial charge on any atom is -0.392 e. The van der Waals surface area contributed by atoms with Gasteiger partial charge in [0, 0.05) is 24.1 Å². The third kappa shape index (κ3) is 4.69. The lowest BCUT2D eigenvalue weighted by atomic mass is 9.81. The zero-order valence-electron chi connectivity index (χ0n) is 20.4. The first-order valence-corrected chi connectivity index (χ1v) is 12.9. The van der Waals surface area contributed by atoms with E-state index in [4.69, 9.17) is 10.7 Å². The van der Waals surface area contributed by atoms with Crippen molar-refractivity contribution in [2.45, 2.75) is 63.1 Å². The number of hydrogen-bond acceptors (Lipinski definition) is 5. The summed E-state index contributed by atoms with van der Waals surface area (Å²) in [5.41, 5.74) is 7.36. The predicted molar refractivity (Wildman–Crippen MR) is 137 cm³/mol. The van der Waals surface area contributed by atoms with Crippen molar-refractivity contribution in [1.29, 1.82) is 0 Å². The number of anilines is 1. The molecule has 2 fully saturated rings. The van der Waals surface area contributed by atoms with Crippen LogP contribution in [0.3, 0.4) is 0 Å². The third-order valence-electron chi connectivity index (χ3n) is 8.00. The number of amides is 1. The molecule has 0 spiro atoms. The minimum atomic E-state index is -2.10. The van der Waals surface area contributed by atoms with Gasteiger partial charge in [-0.3, -0.25) is 15.3 Å². The van der Waals surface area contributed by atoms with Crippen molar-refractivity contribution in [3.05, 3.63) is 65.7 Å². The van der Waals surface area contributed by atoms with Gasteiger partial charge in [-0.1, -0.05) is 87.1 Å². The Morgan fingerprint density at radius 2 is 1.66 bits per heavy atom. The van der Waals surface area contributed by atoms with E-state index < -0.39 is 29.4 Å². The number of Topliss-reactive ketones (excluding diaryl/α,β-unsaturated/α-hetero) is 1. The van der Waals surface area contributed by atoms with Crippen LogP contribution < -0.4 is 10.6 Å². The number of carbonyl (C=O) groups is 2. The number of ketones is 1. The molecular weight excluding hydrogens is 438 g/mol. The van der Waals surface area contributed by atoms with Crippen LogP contribution in [0.1, 0.15) is 62.5 Å². The molecule has 0 radical (unpaired) electrons. The summed E-state index contributed by atoms with van der Waals surface area (Å²) in [6, 6.07) is 17.0. The highest BCUT2D eigenvalue weighted by Crippen LogP contribution is 2.41. The van der Waals surface area contributed by atoms with Crippen molar-refractivity contribution in [3.8, 4) is 0 Å².